The van der Waals surface area contributed by atoms with Crippen molar-refractivity contribution in [2.75, 3.05) is 11.1 Å². The second kappa shape index (κ2) is 4.30. The van der Waals surface area contributed by atoms with E-state index in [0.29, 0.717) is 12.2 Å². The van der Waals surface area contributed by atoms with E-state index in [-0.39, 0.29) is 0 Å². The maximum absolute atomic E-state index is 6.09. The Balaban J connectivity index is 1.84. The average Bonchev–Trinajstić information content (AvgIpc) is 2.97. The third-order valence-corrected chi connectivity index (χ3v) is 3.56. The Morgan fingerprint density at radius 1 is 1.39 bits per heavy atom. The summed E-state index contributed by atoms with van der Waals surface area (Å²) in [6.45, 7) is 0.653. The molecular formula is C12H13N5S. The molecule has 0 atom stereocenters. The molecule has 3 N–H and O–H groups in total. The molecule has 0 amide bonds. The Bertz CT molecular complexity index is 685. The smallest absolute Gasteiger partial charge is 0.106 e. The van der Waals surface area contributed by atoms with Crippen LogP contribution in [0.1, 0.15) is 5.69 Å². The summed E-state index contributed by atoms with van der Waals surface area (Å²) in [4.78, 5) is 4.27. The van der Waals surface area contributed by atoms with Crippen LogP contribution in [-0.2, 0) is 13.6 Å². The molecule has 5 nitrogen and oxygen atoms in total. The van der Waals surface area contributed by atoms with Gasteiger partial charge in [-0.25, -0.2) is 4.98 Å². The lowest BCUT2D eigenvalue weighted by molar-refractivity contribution is 0.747. The van der Waals surface area contributed by atoms with Crippen LogP contribution < -0.4 is 11.1 Å². The molecule has 0 aliphatic carbocycles. The molecule has 2 heterocycles. The SMILES string of the molecule is Cn1ccc(CNc2ccc3scnc3c2N)n1. The topological polar surface area (TPSA) is 68.8 Å². The molecule has 0 saturated heterocycles. The second-order valence-electron chi connectivity index (χ2n) is 4.06. The summed E-state index contributed by atoms with van der Waals surface area (Å²) >= 11 is 1.59. The monoisotopic (exact) mass is 259 g/mol. The van der Waals surface area contributed by atoms with E-state index in [1.807, 2.05) is 37.0 Å². The summed E-state index contributed by atoms with van der Waals surface area (Å²) < 4.78 is 2.89. The summed E-state index contributed by atoms with van der Waals surface area (Å²) in [6, 6.07) is 5.99. The van der Waals surface area contributed by atoms with Gasteiger partial charge in [0.2, 0.25) is 0 Å². The standard InChI is InChI=1S/C12H13N5S/c1-17-5-4-8(16-17)6-14-9-2-3-10-12(11(9)13)15-7-18-10/h2-5,7,14H,6,13H2,1H3. The van der Waals surface area contributed by atoms with Crippen molar-refractivity contribution in [1.82, 2.24) is 14.8 Å². The van der Waals surface area contributed by atoms with E-state index in [1.165, 1.54) is 0 Å². The Kier molecular flexibility index (Phi) is 2.64. The number of aromatic nitrogens is 3. The Morgan fingerprint density at radius 2 is 2.28 bits per heavy atom. The molecule has 92 valence electrons. The van der Waals surface area contributed by atoms with Crippen molar-refractivity contribution in [3.05, 3.63) is 35.6 Å². The van der Waals surface area contributed by atoms with Crippen LogP contribution in [0.3, 0.4) is 0 Å². The van der Waals surface area contributed by atoms with Crippen molar-refractivity contribution in [1.29, 1.82) is 0 Å². The van der Waals surface area contributed by atoms with E-state index in [1.54, 1.807) is 16.0 Å². The minimum atomic E-state index is 0.653. The van der Waals surface area contributed by atoms with Gasteiger partial charge in [0.05, 0.1) is 33.8 Å². The van der Waals surface area contributed by atoms with Crippen molar-refractivity contribution in [3.63, 3.8) is 0 Å². The lowest BCUT2D eigenvalue weighted by Gasteiger charge is -2.08. The number of thiazole rings is 1. The van der Waals surface area contributed by atoms with E-state index in [4.69, 9.17) is 5.73 Å². The van der Waals surface area contributed by atoms with Crippen molar-refractivity contribution in [2.24, 2.45) is 7.05 Å². The average molecular weight is 259 g/mol. The molecule has 0 aliphatic rings. The number of aryl methyl sites for hydroxylation is 1. The van der Waals surface area contributed by atoms with Gasteiger partial charge in [0.15, 0.2) is 0 Å². The third kappa shape index (κ3) is 1.91. The highest BCUT2D eigenvalue weighted by Crippen LogP contribution is 2.30. The summed E-state index contributed by atoms with van der Waals surface area (Å²) in [5, 5.41) is 7.60. The molecule has 0 aliphatic heterocycles. The van der Waals surface area contributed by atoms with E-state index in [9.17, 15) is 0 Å². The third-order valence-electron chi connectivity index (χ3n) is 2.77. The number of hydrogen-bond donors (Lipinski definition) is 2. The zero-order valence-corrected chi connectivity index (χ0v) is 10.7. The molecule has 0 unspecified atom stereocenters. The van der Waals surface area contributed by atoms with Gasteiger partial charge >= 0.3 is 0 Å². The van der Waals surface area contributed by atoms with Crippen LogP contribution in [0.25, 0.3) is 10.2 Å². The molecule has 1 aromatic carbocycles. The first kappa shape index (κ1) is 11.0. The number of rotatable bonds is 3. The molecule has 0 saturated carbocycles. The van der Waals surface area contributed by atoms with Gasteiger partial charge < -0.3 is 11.1 Å². The van der Waals surface area contributed by atoms with Crippen molar-refractivity contribution in [2.45, 2.75) is 6.54 Å². The largest absolute Gasteiger partial charge is 0.395 e. The second-order valence-corrected chi connectivity index (χ2v) is 4.95. The van der Waals surface area contributed by atoms with Crippen LogP contribution in [-0.4, -0.2) is 14.8 Å². The number of hydrogen-bond acceptors (Lipinski definition) is 5. The molecule has 0 fully saturated rings. The van der Waals surface area contributed by atoms with Gasteiger partial charge in [0, 0.05) is 13.2 Å². The minimum Gasteiger partial charge on any atom is -0.395 e. The highest BCUT2D eigenvalue weighted by atomic mass is 32.1. The summed E-state index contributed by atoms with van der Waals surface area (Å²) in [6.07, 6.45) is 1.92. The van der Waals surface area contributed by atoms with E-state index in [0.717, 1.165) is 21.6 Å². The summed E-state index contributed by atoms with van der Waals surface area (Å²) in [5.41, 5.74) is 11.3. The summed E-state index contributed by atoms with van der Waals surface area (Å²) in [7, 11) is 1.90. The number of nitrogens with two attached hydrogens (primary N) is 1. The molecule has 18 heavy (non-hydrogen) atoms. The quantitative estimate of drug-likeness (QED) is 0.708. The zero-order chi connectivity index (χ0) is 12.5. The number of nitrogens with zero attached hydrogens (tertiary/aromatic N) is 3. The van der Waals surface area contributed by atoms with Gasteiger partial charge in [-0.2, -0.15) is 5.10 Å². The predicted octanol–water partition coefficient (Wildman–Crippen LogP) is 2.22. The molecule has 3 aromatic rings. The highest BCUT2D eigenvalue weighted by molar-refractivity contribution is 7.16. The maximum Gasteiger partial charge on any atom is 0.106 e. The van der Waals surface area contributed by atoms with Crippen LogP contribution in [0.15, 0.2) is 29.9 Å². The molecule has 2 aromatic heterocycles. The van der Waals surface area contributed by atoms with Gasteiger partial charge in [-0.05, 0) is 18.2 Å². The van der Waals surface area contributed by atoms with Gasteiger partial charge in [-0.15, -0.1) is 11.3 Å². The number of fused-ring (bicyclic) bond motifs is 1. The molecule has 0 bridgehead atoms. The lowest BCUT2D eigenvalue weighted by atomic mass is 10.2. The molecular weight excluding hydrogens is 246 g/mol. The minimum absolute atomic E-state index is 0.653. The fourth-order valence-electron chi connectivity index (χ4n) is 1.85. The highest BCUT2D eigenvalue weighted by Gasteiger charge is 2.06. The number of nitrogens with one attached hydrogen (secondary N) is 1. The van der Waals surface area contributed by atoms with Gasteiger partial charge in [0.1, 0.15) is 5.52 Å². The van der Waals surface area contributed by atoms with Crippen molar-refractivity contribution in [3.8, 4) is 0 Å². The molecule has 6 heteroatoms. The van der Waals surface area contributed by atoms with E-state index < -0.39 is 0 Å². The molecule has 0 radical (unpaired) electrons. The Hall–Kier alpha value is -2.08. The fourth-order valence-corrected chi connectivity index (χ4v) is 2.54. The van der Waals surface area contributed by atoms with Crippen LogP contribution in [0.5, 0.6) is 0 Å². The fraction of sp³-hybridized carbons (Fsp3) is 0.167. The number of anilines is 2. The van der Waals surface area contributed by atoms with E-state index in [2.05, 4.69) is 15.4 Å². The van der Waals surface area contributed by atoms with E-state index >= 15 is 0 Å². The number of benzene rings is 1. The van der Waals surface area contributed by atoms with Gasteiger partial charge in [0.25, 0.3) is 0 Å². The first-order chi connectivity index (χ1) is 8.74. The maximum atomic E-state index is 6.09. The van der Waals surface area contributed by atoms with Gasteiger partial charge in [-0.1, -0.05) is 0 Å². The number of nitrogen functional groups attached to an aromatic ring is 1. The van der Waals surface area contributed by atoms with Gasteiger partial charge in [-0.3, -0.25) is 4.68 Å². The molecule has 0 spiro atoms. The van der Waals surface area contributed by atoms with Crippen molar-refractivity contribution >= 4 is 32.9 Å². The zero-order valence-electron chi connectivity index (χ0n) is 9.92. The summed E-state index contributed by atoms with van der Waals surface area (Å²) in [5.74, 6) is 0. The van der Waals surface area contributed by atoms with Crippen molar-refractivity contribution < 1.29 is 0 Å². The molecule has 3 rings (SSSR count). The first-order valence-electron chi connectivity index (χ1n) is 5.58. The Morgan fingerprint density at radius 3 is 3.06 bits per heavy atom. The normalized spacial score (nSPS) is 10.9. The van der Waals surface area contributed by atoms with Crippen LogP contribution in [0.4, 0.5) is 11.4 Å². The van der Waals surface area contributed by atoms with Crippen LogP contribution >= 0.6 is 11.3 Å². The first-order valence-corrected chi connectivity index (χ1v) is 6.46. The van der Waals surface area contributed by atoms with Crippen LogP contribution in [0.2, 0.25) is 0 Å². The van der Waals surface area contributed by atoms with Crippen LogP contribution in [0, 0.1) is 0 Å². The predicted molar refractivity (Wildman–Crippen MR) is 74.6 cm³/mol. The lowest BCUT2D eigenvalue weighted by Crippen LogP contribution is -2.04. The Labute approximate surface area is 108 Å².